The molecule has 2 nitrogen and oxygen atoms in total. The number of rotatable bonds is 2. The van der Waals surface area contributed by atoms with Crippen molar-refractivity contribution in [2.75, 3.05) is 6.61 Å². The minimum Gasteiger partial charge on any atom is -0.493 e. The third kappa shape index (κ3) is 3.42. The molecule has 3 rings (SSSR count). The maximum Gasteiger partial charge on any atom is 0.126 e. The van der Waals surface area contributed by atoms with Crippen LogP contribution in [0.4, 0.5) is 0 Å². The fraction of sp³-hybridized carbons (Fsp3) is 0.684. The Hall–Kier alpha value is -1.02. The van der Waals surface area contributed by atoms with E-state index < -0.39 is 0 Å². The van der Waals surface area contributed by atoms with Crippen molar-refractivity contribution in [2.24, 2.45) is 5.41 Å². The zero-order chi connectivity index (χ0) is 14.9. The van der Waals surface area contributed by atoms with Gasteiger partial charge in [-0.15, -0.1) is 0 Å². The van der Waals surface area contributed by atoms with Gasteiger partial charge in [0.05, 0.1) is 6.61 Å². The van der Waals surface area contributed by atoms with Crippen molar-refractivity contribution in [1.29, 1.82) is 0 Å². The number of hydrogen-bond acceptors (Lipinski definition) is 2. The van der Waals surface area contributed by atoms with E-state index in [1.165, 1.54) is 43.2 Å². The molecule has 1 heterocycles. The van der Waals surface area contributed by atoms with Gasteiger partial charge in [-0.25, -0.2) is 0 Å². The number of nitrogens with one attached hydrogen (secondary N) is 1. The van der Waals surface area contributed by atoms with Crippen LogP contribution >= 0.6 is 0 Å². The lowest BCUT2D eigenvalue weighted by molar-refractivity contribution is 0.187. The predicted octanol–water partition coefficient (Wildman–Crippen LogP) is 4.77. The maximum atomic E-state index is 6.00. The Morgan fingerprint density at radius 3 is 2.86 bits per heavy atom. The van der Waals surface area contributed by atoms with Gasteiger partial charge in [0.1, 0.15) is 5.75 Å². The van der Waals surface area contributed by atoms with Gasteiger partial charge in [0.2, 0.25) is 0 Å². The summed E-state index contributed by atoms with van der Waals surface area (Å²) in [4.78, 5) is 0. The Labute approximate surface area is 129 Å². The molecule has 1 aliphatic carbocycles. The van der Waals surface area contributed by atoms with Crippen molar-refractivity contribution in [3.05, 3.63) is 29.3 Å². The molecule has 2 heteroatoms. The lowest BCUT2D eigenvalue weighted by Gasteiger charge is -2.37. The Morgan fingerprint density at radius 1 is 1.19 bits per heavy atom. The Balaban J connectivity index is 1.78. The van der Waals surface area contributed by atoms with Gasteiger partial charge < -0.3 is 10.1 Å². The number of hydrogen-bond donors (Lipinski definition) is 1. The van der Waals surface area contributed by atoms with Gasteiger partial charge >= 0.3 is 0 Å². The number of para-hydroxylation sites is 1. The summed E-state index contributed by atoms with van der Waals surface area (Å²) >= 11 is 0. The second kappa shape index (κ2) is 6.00. The first kappa shape index (κ1) is 14.9. The van der Waals surface area contributed by atoms with Gasteiger partial charge in [-0.3, -0.25) is 0 Å². The molecule has 2 atom stereocenters. The van der Waals surface area contributed by atoms with E-state index >= 15 is 0 Å². The SMILES string of the molecule is Cc1cccc2c1OCCCC2NC1CCCC(C)(C)C1. The van der Waals surface area contributed by atoms with E-state index in [1.807, 2.05) is 0 Å². The van der Waals surface area contributed by atoms with Crippen LogP contribution < -0.4 is 10.1 Å². The highest BCUT2D eigenvalue weighted by Crippen LogP contribution is 2.38. The minimum atomic E-state index is 0.460. The average molecular weight is 287 g/mol. The van der Waals surface area contributed by atoms with Gasteiger partial charge in [0, 0.05) is 17.6 Å². The summed E-state index contributed by atoms with van der Waals surface area (Å²) in [5, 5.41) is 3.96. The highest BCUT2D eigenvalue weighted by atomic mass is 16.5. The van der Waals surface area contributed by atoms with E-state index in [4.69, 9.17) is 4.74 Å². The predicted molar refractivity (Wildman–Crippen MR) is 87.8 cm³/mol. The first-order chi connectivity index (χ1) is 10.1. The van der Waals surface area contributed by atoms with E-state index in [-0.39, 0.29) is 0 Å². The van der Waals surface area contributed by atoms with Gasteiger partial charge in [-0.2, -0.15) is 0 Å². The standard InChI is InChI=1S/C19H29NO/c1-14-7-4-9-16-17(10-6-12-21-18(14)16)20-15-8-5-11-19(2,3)13-15/h4,7,9,15,17,20H,5-6,8,10-13H2,1-3H3. The summed E-state index contributed by atoms with van der Waals surface area (Å²) in [7, 11) is 0. The zero-order valence-electron chi connectivity index (χ0n) is 13.7. The molecule has 1 aliphatic heterocycles. The molecule has 2 unspecified atom stereocenters. The second-order valence-electron chi connectivity index (χ2n) is 7.66. The summed E-state index contributed by atoms with van der Waals surface area (Å²) in [6.45, 7) is 7.83. The highest BCUT2D eigenvalue weighted by Gasteiger charge is 2.30. The van der Waals surface area contributed by atoms with E-state index in [2.05, 4.69) is 44.3 Å². The Kier molecular flexibility index (Phi) is 4.26. The van der Waals surface area contributed by atoms with E-state index in [0.717, 1.165) is 18.8 Å². The van der Waals surface area contributed by atoms with Crippen molar-refractivity contribution in [3.8, 4) is 5.75 Å². The van der Waals surface area contributed by atoms with Crippen LogP contribution in [0.5, 0.6) is 5.75 Å². The molecule has 0 spiro atoms. The molecule has 2 aliphatic rings. The smallest absolute Gasteiger partial charge is 0.126 e. The zero-order valence-corrected chi connectivity index (χ0v) is 13.7. The van der Waals surface area contributed by atoms with Crippen molar-refractivity contribution < 1.29 is 4.74 Å². The van der Waals surface area contributed by atoms with Crippen LogP contribution in [0, 0.1) is 12.3 Å². The van der Waals surface area contributed by atoms with Crippen LogP contribution in [0.3, 0.4) is 0 Å². The molecule has 116 valence electrons. The maximum absolute atomic E-state index is 6.00. The number of fused-ring (bicyclic) bond motifs is 1. The molecule has 0 aromatic heterocycles. The summed E-state index contributed by atoms with van der Waals surface area (Å²) < 4.78 is 6.00. The van der Waals surface area contributed by atoms with E-state index in [1.54, 1.807) is 0 Å². The topological polar surface area (TPSA) is 21.3 Å². The molecule has 1 fully saturated rings. The van der Waals surface area contributed by atoms with Gasteiger partial charge in [0.25, 0.3) is 0 Å². The monoisotopic (exact) mass is 287 g/mol. The fourth-order valence-corrected chi connectivity index (χ4v) is 4.06. The van der Waals surface area contributed by atoms with Gasteiger partial charge in [0.15, 0.2) is 0 Å². The summed E-state index contributed by atoms with van der Waals surface area (Å²) in [6, 6.07) is 7.69. The minimum absolute atomic E-state index is 0.460. The van der Waals surface area contributed by atoms with Crippen molar-refractivity contribution >= 4 is 0 Å². The van der Waals surface area contributed by atoms with Crippen molar-refractivity contribution in [2.45, 2.75) is 71.4 Å². The average Bonchev–Trinajstić information content (AvgIpc) is 2.62. The van der Waals surface area contributed by atoms with Crippen LogP contribution in [0.25, 0.3) is 0 Å². The molecule has 21 heavy (non-hydrogen) atoms. The molecule has 1 saturated carbocycles. The molecule has 1 aromatic rings. The number of ether oxygens (including phenoxy) is 1. The fourth-order valence-electron chi connectivity index (χ4n) is 4.06. The molecule has 0 saturated heterocycles. The first-order valence-corrected chi connectivity index (χ1v) is 8.53. The van der Waals surface area contributed by atoms with Crippen LogP contribution in [0.15, 0.2) is 18.2 Å². The van der Waals surface area contributed by atoms with E-state index in [0.29, 0.717) is 17.5 Å². The largest absolute Gasteiger partial charge is 0.493 e. The van der Waals surface area contributed by atoms with Crippen LogP contribution in [-0.2, 0) is 0 Å². The quantitative estimate of drug-likeness (QED) is 0.846. The summed E-state index contributed by atoms with van der Waals surface area (Å²) in [5.74, 6) is 1.13. The Bertz CT molecular complexity index is 494. The van der Waals surface area contributed by atoms with Crippen molar-refractivity contribution in [1.82, 2.24) is 5.32 Å². The third-order valence-electron chi connectivity index (χ3n) is 5.14. The molecule has 1 aromatic carbocycles. The number of aryl methyl sites for hydroxylation is 1. The first-order valence-electron chi connectivity index (χ1n) is 8.53. The molecule has 0 bridgehead atoms. The normalized spacial score (nSPS) is 28.3. The lowest BCUT2D eigenvalue weighted by Crippen LogP contribution is -2.39. The van der Waals surface area contributed by atoms with E-state index in [9.17, 15) is 0 Å². The molecule has 0 amide bonds. The number of benzene rings is 1. The highest BCUT2D eigenvalue weighted by molar-refractivity contribution is 5.43. The van der Waals surface area contributed by atoms with Crippen LogP contribution in [-0.4, -0.2) is 12.6 Å². The summed E-state index contributed by atoms with van der Waals surface area (Å²) in [5.41, 5.74) is 3.13. The lowest BCUT2D eigenvalue weighted by atomic mass is 9.75. The second-order valence-corrected chi connectivity index (χ2v) is 7.66. The Morgan fingerprint density at radius 2 is 2.05 bits per heavy atom. The van der Waals surface area contributed by atoms with Gasteiger partial charge in [-0.05, 0) is 50.0 Å². The third-order valence-corrected chi connectivity index (χ3v) is 5.14. The van der Waals surface area contributed by atoms with Crippen LogP contribution in [0.2, 0.25) is 0 Å². The molecular weight excluding hydrogens is 258 g/mol. The molecule has 0 radical (unpaired) electrons. The van der Waals surface area contributed by atoms with Crippen molar-refractivity contribution in [3.63, 3.8) is 0 Å². The summed E-state index contributed by atoms with van der Waals surface area (Å²) in [6.07, 6.45) is 7.67. The molecular formula is C19H29NO. The van der Waals surface area contributed by atoms with Gasteiger partial charge in [-0.1, -0.05) is 38.5 Å². The van der Waals surface area contributed by atoms with Crippen LogP contribution in [0.1, 0.15) is 69.5 Å². The molecule has 1 N–H and O–H groups in total.